The molecule has 0 spiro atoms. The fraction of sp³-hybridized carbons (Fsp3) is 0.333. The second kappa shape index (κ2) is 6.32. The van der Waals surface area contributed by atoms with E-state index in [4.69, 9.17) is 4.74 Å². The number of aliphatic hydroxyl groups excluding tert-OH is 1. The topological polar surface area (TPSA) is 67.3 Å². The van der Waals surface area contributed by atoms with E-state index in [1.807, 2.05) is 23.8 Å². The van der Waals surface area contributed by atoms with Crippen molar-refractivity contribution in [1.82, 2.24) is 9.97 Å². The lowest BCUT2D eigenvalue weighted by atomic mass is 10.2. The standard InChI is InChI=1S/C12H15N3O2S/c1-2-17-12-5-11(14-8-15-12)13-6-10(16)9-3-4-18-7-9/h3-5,7-8,10,16H,2,6H2,1H3,(H,13,14,15). The van der Waals surface area contributed by atoms with Crippen molar-refractivity contribution in [3.63, 3.8) is 0 Å². The Morgan fingerprint density at radius 2 is 2.39 bits per heavy atom. The van der Waals surface area contributed by atoms with Crippen molar-refractivity contribution < 1.29 is 9.84 Å². The summed E-state index contributed by atoms with van der Waals surface area (Å²) in [4.78, 5) is 8.04. The van der Waals surface area contributed by atoms with Gasteiger partial charge in [0.2, 0.25) is 5.88 Å². The van der Waals surface area contributed by atoms with Gasteiger partial charge in [-0.1, -0.05) is 0 Å². The molecule has 6 heteroatoms. The number of aliphatic hydroxyl groups is 1. The van der Waals surface area contributed by atoms with Crippen molar-refractivity contribution in [2.45, 2.75) is 13.0 Å². The van der Waals surface area contributed by atoms with Gasteiger partial charge in [0.15, 0.2) is 0 Å². The van der Waals surface area contributed by atoms with E-state index < -0.39 is 6.10 Å². The Balaban J connectivity index is 1.91. The highest BCUT2D eigenvalue weighted by Gasteiger charge is 2.08. The molecule has 0 aliphatic heterocycles. The minimum atomic E-state index is -0.540. The summed E-state index contributed by atoms with van der Waals surface area (Å²) in [6, 6.07) is 3.62. The molecule has 0 amide bonds. The maximum atomic E-state index is 9.91. The summed E-state index contributed by atoms with van der Waals surface area (Å²) in [5, 5.41) is 16.8. The van der Waals surface area contributed by atoms with E-state index >= 15 is 0 Å². The predicted molar refractivity (Wildman–Crippen MR) is 71.0 cm³/mol. The fourth-order valence-electron chi connectivity index (χ4n) is 1.45. The number of hydrogen-bond donors (Lipinski definition) is 2. The maximum absolute atomic E-state index is 9.91. The lowest BCUT2D eigenvalue weighted by Gasteiger charge is -2.11. The smallest absolute Gasteiger partial charge is 0.218 e. The van der Waals surface area contributed by atoms with Crippen LogP contribution in [0.25, 0.3) is 0 Å². The highest BCUT2D eigenvalue weighted by Crippen LogP contribution is 2.17. The van der Waals surface area contributed by atoms with Crippen LogP contribution >= 0.6 is 11.3 Å². The molecule has 0 saturated heterocycles. The number of nitrogens with one attached hydrogen (secondary N) is 1. The third-order valence-corrected chi connectivity index (χ3v) is 3.04. The quantitative estimate of drug-likeness (QED) is 0.837. The molecule has 0 aliphatic carbocycles. The molecule has 18 heavy (non-hydrogen) atoms. The SMILES string of the molecule is CCOc1cc(NCC(O)c2ccsc2)ncn1. The summed E-state index contributed by atoms with van der Waals surface area (Å²) in [5.74, 6) is 1.17. The Morgan fingerprint density at radius 1 is 1.50 bits per heavy atom. The molecule has 2 rings (SSSR count). The first-order valence-electron chi connectivity index (χ1n) is 5.68. The van der Waals surface area contributed by atoms with Gasteiger partial charge in [0.25, 0.3) is 0 Å². The van der Waals surface area contributed by atoms with E-state index in [-0.39, 0.29) is 0 Å². The van der Waals surface area contributed by atoms with Crippen LogP contribution in [0.3, 0.4) is 0 Å². The number of anilines is 1. The van der Waals surface area contributed by atoms with Gasteiger partial charge in [-0.05, 0) is 29.3 Å². The van der Waals surface area contributed by atoms with Crippen LogP contribution in [0.15, 0.2) is 29.2 Å². The summed E-state index contributed by atoms with van der Waals surface area (Å²) in [7, 11) is 0. The van der Waals surface area contributed by atoms with Crippen molar-refractivity contribution in [3.8, 4) is 5.88 Å². The van der Waals surface area contributed by atoms with Crippen LogP contribution < -0.4 is 10.1 Å². The van der Waals surface area contributed by atoms with Gasteiger partial charge < -0.3 is 15.2 Å². The monoisotopic (exact) mass is 265 g/mol. The molecular formula is C12H15N3O2S. The minimum absolute atomic E-state index is 0.402. The molecule has 0 fully saturated rings. The second-order valence-electron chi connectivity index (χ2n) is 3.63. The number of rotatable bonds is 6. The Morgan fingerprint density at radius 3 is 3.11 bits per heavy atom. The van der Waals surface area contributed by atoms with Crippen molar-refractivity contribution in [3.05, 3.63) is 34.8 Å². The van der Waals surface area contributed by atoms with Gasteiger partial charge in [0.05, 0.1) is 12.7 Å². The molecule has 0 bridgehead atoms. The normalized spacial score (nSPS) is 12.1. The van der Waals surface area contributed by atoms with Crippen molar-refractivity contribution >= 4 is 17.2 Å². The van der Waals surface area contributed by atoms with Crippen molar-refractivity contribution in [2.24, 2.45) is 0 Å². The van der Waals surface area contributed by atoms with E-state index in [1.54, 1.807) is 17.4 Å². The van der Waals surface area contributed by atoms with Gasteiger partial charge in [0.1, 0.15) is 12.1 Å². The molecule has 0 aliphatic rings. The van der Waals surface area contributed by atoms with Gasteiger partial charge in [-0.25, -0.2) is 9.97 Å². The molecule has 0 aromatic carbocycles. The largest absolute Gasteiger partial charge is 0.478 e. The van der Waals surface area contributed by atoms with E-state index in [2.05, 4.69) is 15.3 Å². The van der Waals surface area contributed by atoms with Crippen LogP contribution in [0.5, 0.6) is 5.88 Å². The number of ether oxygens (including phenoxy) is 1. The van der Waals surface area contributed by atoms with Gasteiger partial charge in [0, 0.05) is 12.6 Å². The number of nitrogens with zero attached hydrogens (tertiary/aromatic N) is 2. The molecule has 1 atom stereocenters. The molecular weight excluding hydrogens is 250 g/mol. The molecule has 0 saturated carbocycles. The lowest BCUT2D eigenvalue weighted by molar-refractivity contribution is 0.192. The van der Waals surface area contributed by atoms with Gasteiger partial charge >= 0.3 is 0 Å². The van der Waals surface area contributed by atoms with Gasteiger partial charge in [-0.15, -0.1) is 0 Å². The fourth-order valence-corrected chi connectivity index (χ4v) is 2.15. The first kappa shape index (κ1) is 12.8. The third kappa shape index (κ3) is 3.41. The van der Waals surface area contributed by atoms with E-state index in [0.717, 1.165) is 5.56 Å². The average Bonchev–Trinajstić information content (AvgIpc) is 2.91. The van der Waals surface area contributed by atoms with Crippen LogP contribution in [0.1, 0.15) is 18.6 Å². The van der Waals surface area contributed by atoms with Crippen LogP contribution in [0.4, 0.5) is 5.82 Å². The number of hydrogen-bond acceptors (Lipinski definition) is 6. The highest BCUT2D eigenvalue weighted by atomic mass is 32.1. The maximum Gasteiger partial charge on any atom is 0.218 e. The van der Waals surface area contributed by atoms with E-state index in [9.17, 15) is 5.11 Å². The third-order valence-electron chi connectivity index (χ3n) is 2.34. The van der Waals surface area contributed by atoms with Gasteiger partial charge in [-0.2, -0.15) is 11.3 Å². The zero-order valence-electron chi connectivity index (χ0n) is 10.0. The van der Waals surface area contributed by atoms with E-state index in [1.165, 1.54) is 6.33 Å². The second-order valence-corrected chi connectivity index (χ2v) is 4.41. The van der Waals surface area contributed by atoms with Gasteiger partial charge in [-0.3, -0.25) is 0 Å². The lowest BCUT2D eigenvalue weighted by Crippen LogP contribution is -2.12. The first-order chi connectivity index (χ1) is 8.79. The Bertz CT molecular complexity index is 476. The van der Waals surface area contributed by atoms with Crippen LogP contribution in [0, 0.1) is 0 Å². The average molecular weight is 265 g/mol. The Labute approximate surface area is 109 Å². The molecule has 0 radical (unpaired) electrons. The van der Waals surface area contributed by atoms with Crippen LogP contribution in [-0.4, -0.2) is 28.2 Å². The minimum Gasteiger partial charge on any atom is -0.478 e. The molecule has 2 aromatic heterocycles. The first-order valence-corrected chi connectivity index (χ1v) is 6.62. The zero-order chi connectivity index (χ0) is 12.8. The highest BCUT2D eigenvalue weighted by molar-refractivity contribution is 7.07. The van der Waals surface area contributed by atoms with Crippen molar-refractivity contribution in [2.75, 3.05) is 18.5 Å². The number of thiophene rings is 1. The van der Waals surface area contributed by atoms with E-state index in [0.29, 0.717) is 24.8 Å². The molecule has 1 unspecified atom stereocenters. The summed E-state index contributed by atoms with van der Waals surface area (Å²) < 4.78 is 5.27. The summed E-state index contributed by atoms with van der Waals surface area (Å²) in [6.07, 6.45) is 0.895. The van der Waals surface area contributed by atoms with Crippen LogP contribution in [-0.2, 0) is 0 Å². The summed E-state index contributed by atoms with van der Waals surface area (Å²) in [6.45, 7) is 2.86. The summed E-state index contributed by atoms with van der Waals surface area (Å²) in [5.41, 5.74) is 0.909. The Hall–Kier alpha value is -1.66. The number of aromatic nitrogens is 2. The van der Waals surface area contributed by atoms with Crippen LogP contribution in [0.2, 0.25) is 0 Å². The molecule has 96 valence electrons. The molecule has 2 heterocycles. The molecule has 2 N–H and O–H groups in total. The molecule has 5 nitrogen and oxygen atoms in total. The zero-order valence-corrected chi connectivity index (χ0v) is 10.9. The van der Waals surface area contributed by atoms with Crippen molar-refractivity contribution in [1.29, 1.82) is 0 Å². The Kier molecular flexibility index (Phi) is 4.49. The summed E-state index contributed by atoms with van der Waals surface area (Å²) >= 11 is 1.57. The predicted octanol–water partition coefficient (Wildman–Crippen LogP) is 2.08. The molecule has 2 aromatic rings.